The topological polar surface area (TPSA) is 29.5 Å². The molecular formula is C19H20BrNO2. The van der Waals surface area contributed by atoms with Gasteiger partial charge in [-0.2, -0.15) is 0 Å². The van der Waals surface area contributed by atoms with Gasteiger partial charge in [-0.15, -0.1) is 0 Å². The Morgan fingerprint density at radius 2 is 1.87 bits per heavy atom. The van der Waals surface area contributed by atoms with Crippen LogP contribution in [0.25, 0.3) is 0 Å². The maximum Gasteiger partial charge on any atom is 0.275 e. The number of ether oxygens (including phenoxy) is 1. The minimum atomic E-state index is -0.898. The molecule has 1 aliphatic rings. The Morgan fingerprint density at radius 3 is 2.52 bits per heavy atom. The molecule has 2 aromatic rings. The van der Waals surface area contributed by atoms with E-state index in [-0.39, 0.29) is 5.91 Å². The average Bonchev–Trinajstić information content (AvgIpc) is 2.47. The maximum absolute atomic E-state index is 12.9. The van der Waals surface area contributed by atoms with Crippen LogP contribution in [0.3, 0.4) is 0 Å². The monoisotopic (exact) mass is 373 g/mol. The summed E-state index contributed by atoms with van der Waals surface area (Å²) in [6, 6.07) is 13.8. The normalized spacial score (nSPS) is 16.3. The van der Waals surface area contributed by atoms with Gasteiger partial charge in [0.2, 0.25) is 0 Å². The Bertz CT molecular complexity index is 768. The lowest BCUT2D eigenvalue weighted by atomic mass is 9.98. The molecule has 0 saturated carbocycles. The SMILES string of the molecule is CC(C)c1ccc2c(c1)OC(C)(C)C(=O)N2c1cccc(Br)c1. The fraction of sp³-hybridized carbons (Fsp3) is 0.316. The van der Waals surface area contributed by atoms with Crippen molar-refractivity contribution in [1.29, 1.82) is 0 Å². The number of hydrogen-bond donors (Lipinski definition) is 0. The summed E-state index contributed by atoms with van der Waals surface area (Å²) < 4.78 is 6.94. The Kier molecular flexibility index (Phi) is 3.96. The van der Waals surface area contributed by atoms with Gasteiger partial charge in [0.1, 0.15) is 5.75 Å². The summed E-state index contributed by atoms with van der Waals surface area (Å²) in [7, 11) is 0. The van der Waals surface area contributed by atoms with Crippen molar-refractivity contribution in [3.63, 3.8) is 0 Å². The number of rotatable bonds is 2. The van der Waals surface area contributed by atoms with Crippen LogP contribution in [0, 0.1) is 0 Å². The third-order valence-corrected chi connectivity index (χ3v) is 4.53. The first kappa shape index (κ1) is 16.1. The van der Waals surface area contributed by atoms with Crippen LogP contribution in [-0.4, -0.2) is 11.5 Å². The Hall–Kier alpha value is -1.81. The molecule has 0 atom stereocenters. The van der Waals surface area contributed by atoms with E-state index in [2.05, 4.69) is 35.8 Å². The number of fused-ring (bicyclic) bond motifs is 1. The van der Waals surface area contributed by atoms with Gasteiger partial charge in [0.25, 0.3) is 5.91 Å². The Labute approximate surface area is 145 Å². The molecule has 3 nitrogen and oxygen atoms in total. The van der Waals surface area contributed by atoms with Crippen LogP contribution in [0.5, 0.6) is 5.75 Å². The first-order valence-electron chi connectivity index (χ1n) is 7.72. The number of anilines is 2. The van der Waals surface area contributed by atoms with E-state index in [1.165, 1.54) is 5.56 Å². The van der Waals surface area contributed by atoms with E-state index < -0.39 is 5.60 Å². The molecule has 0 saturated heterocycles. The smallest absolute Gasteiger partial charge is 0.275 e. The quantitative estimate of drug-likeness (QED) is 0.704. The zero-order valence-electron chi connectivity index (χ0n) is 13.8. The van der Waals surface area contributed by atoms with Gasteiger partial charge >= 0.3 is 0 Å². The van der Waals surface area contributed by atoms with Gasteiger partial charge in [-0.05, 0) is 55.7 Å². The third kappa shape index (κ3) is 2.88. The zero-order valence-corrected chi connectivity index (χ0v) is 15.3. The lowest BCUT2D eigenvalue weighted by molar-refractivity contribution is -0.131. The van der Waals surface area contributed by atoms with Crippen LogP contribution < -0.4 is 9.64 Å². The second-order valence-corrected chi connectivity index (χ2v) is 7.53. The Balaban J connectivity index is 2.18. The number of benzene rings is 2. The number of nitrogens with zero attached hydrogens (tertiary/aromatic N) is 1. The van der Waals surface area contributed by atoms with Gasteiger partial charge in [-0.3, -0.25) is 9.69 Å². The summed E-state index contributed by atoms with van der Waals surface area (Å²) in [5, 5.41) is 0. The van der Waals surface area contributed by atoms with Crippen molar-refractivity contribution in [3.05, 3.63) is 52.5 Å². The highest BCUT2D eigenvalue weighted by Gasteiger charge is 2.41. The summed E-state index contributed by atoms with van der Waals surface area (Å²) in [5.41, 5.74) is 1.92. The van der Waals surface area contributed by atoms with Gasteiger partial charge < -0.3 is 4.74 Å². The molecule has 0 aromatic heterocycles. The highest BCUT2D eigenvalue weighted by Crippen LogP contribution is 2.43. The molecule has 0 bridgehead atoms. The second-order valence-electron chi connectivity index (χ2n) is 6.61. The van der Waals surface area contributed by atoms with Crippen LogP contribution in [0.4, 0.5) is 11.4 Å². The number of carbonyl (C=O) groups excluding carboxylic acids is 1. The minimum absolute atomic E-state index is 0.0691. The van der Waals surface area contributed by atoms with Crippen molar-refractivity contribution in [2.24, 2.45) is 0 Å². The predicted octanol–water partition coefficient (Wildman–Crippen LogP) is 5.41. The summed E-state index contributed by atoms with van der Waals surface area (Å²) in [5.74, 6) is 1.09. The molecule has 0 fully saturated rings. The van der Waals surface area contributed by atoms with Crippen LogP contribution >= 0.6 is 15.9 Å². The molecule has 1 heterocycles. The molecule has 1 aliphatic heterocycles. The van der Waals surface area contributed by atoms with E-state index in [9.17, 15) is 4.79 Å². The fourth-order valence-electron chi connectivity index (χ4n) is 2.73. The van der Waals surface area contributed by atoms with Crippen molar-refractivity contribution in [3.8, 4) is 5.75 Å². The van der Waals surface area contributed by atoms with Gasteiger partial charge in [-0.25, -0.2) is 0 Å². The van der Waals surface area contributed by atoms with Gasteiger partial charge in [0.15, 0.2) is 5.60 Å². The van der Waals surface area contributed by atoms with Crippen LogP contribution in [0.15, 0.2) is 46.9 Å². The van der Waals surface area contributed by atoms with E-state index >= 15 is 0 Å². The number of halogens is 1. The molecule has 0 unspecified atom stereocenters. The van der Waals surface area contributed by atoms with Crippen molar-refractivity contribution in [1.82, 2.24) is 0 Å². The molecule has 0 aliphatic carbocycles. The van der Waals surface area contributed by atoms with E-state index in [4.69, 9.17) is 4.74 Å². The van der Waals surface area contributed by atoms with Crippen molar-refractivity contribution < 1.29 is 9.53 Å². The average molecular weight is 374 g/mol. The first-order chi connectivity index (χ1) is 10.8. The largest absolute Gasteiger partial charge is 0.476 e. The summed E-state index contributed by atoms with van der Waals surface area (Å²) in [6.07, 6.45) is 0. The minimum Gasteiger partial charge on any atom is -0.476 e. The summed E-state index contributed by atoms with van der Waals surface area (Å²) in [4.78, 5) is 14.7. The highest BCUT2D eigenvalue weighted by molar-refractivity contribution is 9.10. The fourth-order valence-corrected chi connectivity index (χ4v) is 3.11. The van der Waals surface area contributed by atoms with E-state index in [1.54, 1.807) is 4.90 Å². The Morgan fingerprint density at radius 1 is 1.13 bits per heavy atom. The molecule has 0 spiro atoms. The number of amides is 1. The lowest BCUT2D eigenvalue weighted by Gasteiger charge is -2.39. The maximum atomic E-state index is 12.9. The van der Waals surface area contributed by atoms with Gasteiger partial charge in [0.05, 0.1) is 11.4 Å². The summed E-state index contributed by atoms with van der Waals surface area (Å²) >= 11 is 3.48. The first-order valence-corrected chi connectivity index (χ1v) is 8.52. The molecule has 2 aromatic carbocycles. The zero-order chi connectivity index (χ0) is 16.8. The molecule has 23 heavy (non-hydrogen) atoms. The third-order valence-electron chi connectivity index (χ3n) is 4.04. The van der Waals surface area contributed by atoms with Crippen molar-refractivity contribution >= 4 is 33.2 Å². The molecule has 3 rings (SSSR count). The van der Waals surface area contributed by atoms with Crippen LogP contribution in [-0.2, 0) is 4.79 Å². The van der Waals surface area contributed by atoms with E-state index in [0.29, 0.717) is 5.92 Å². The molecule has 0 N–H and O–H groups in total. The number of hydrogen-bond acceptors (Lipinski definition) is 2. The second kappa shape index (κ2) is 5.68. The van der Waals surface area contributed by atoms with Gasteiger partial charge in [-0.1, -0.05) is 41.9 Å². The summed E-state index contributed by atoms with van der Waals surface area (Å²) in [6.45, 7) is 7.91. The van der Waals surface area contributed by atoms with E-state index in [1.807, 2.05) is 50.2 Å². The van der Waals surface area contributed by atoms with Crippen LogP contribution in [0.2, 0.25) is 0 Å². The van der Waals surface area contributed by atoms with Crippen molar-refractivity contribution in [2.45, 2.75) is 39.2 Å². The predicted molar refractivity (Wildman–Crippen MR) is 96.5 cm³/mol. The molecule has 4 heteroatoms. The standard InChI is InChI=1S/C19H20BrNO2/c1-12(2)13-8-9-16-17(10-13)23-19(3,4)18(22)21(16)15-7-5-6-14(20)11-15/h5-12H,1-4H3. The lowest BCUT2D eigenvalue weighted by Crippen LogP contribution is -2.50. The van der Waals surface area contributed by atoms with Gasteiger partial charge in [0, 0.05) is 4.47 Å². The molecule has 1 amide bonds. The van der Waals surface area contributed by atoms with Crippen LogP contribution in [0.1, 0.15) is 39.2 Å². The van der Waals surface area contributed by atoms with Crippen molar-refractivity contribution in [2.75, 3.05) is 4.90 Å². The molecule has 0 radical (unpaired) electrons. The highest BCUT2D eigenvalue weighted by atomic mass is 79.9. The molecule has 120 valence electrons. The van der Waals surface area contributed by atoms with E-state index in [0.717, 1.165) is 21.6 Å². The number of carbonyl (C=O) groups is 1. The molecular weight excluding hydrogens is 354 g/mol.